The topological polar surface area (TPSA) is 115 Å². The number of nitrogens with zero attached hydrogens (tertiary/aromatic N) is 4. The van der Waals surface area contributed by atoms with Crippen molar-refractivity contribution in [3.05, 3.63) is 107 Å². The Bertz CT molecular complexity index is 1890. The summed E-state index contributed by atoms with van der Waals surface area (Å²) in [7, 11) is 1.53. The molecule has 0 aliphatic carbocycles. The number of fused-ring (bicyclic) bond motifs is 1. The van der Waals surface area contributed by atoms with Crippen LogP contribution >= 0.6 is 23.1 Å². The predicted octanol–water partition coefficient (Wildman–Crippen LogP) is 7.19. The van der Waals surface area contributed by atoms with Crippen LogP contribution in [0.1, 0.15) is 42.5 Å². The van der Waals surface area contributed by atoms with Gasteiger partial charge in [-0.2, -0.15) is 0 Å². The highest BCUT2D eigenvalue weighted by Gasteiger charge is 2.48. The number of aliphatic hydroxyl groups excluding tert-OH is 1. The number of carbonyl (C=O) groups excluding carboxylic acids is 2. The lowest BCUT2D eigenvalue weighted by molar-refractivity contribution is -0.132. The normalized spacial score (nSPS) is 16.0. The smallest absolute Gasteiger partial charge is 0.301 e. The van der Waals surface area contributed by atoms with Crippen LogP contribution in [-0.4, -0.2) is 45.7 Å². The quantitative estimate of drug-likeness (QED) is 0.0401. The largest absolute Gasteiger partial charge is 0.507 e. The summed E-state index contributed by atoms with van der Waals surface area (Å²) in [5.41, 5.74) is 2.00. The lowest BCUT2D eigenvalue weighted by Crippen LogP contribution is -2.29. The number of methoxy groups -OCH3 is 1. The van der Waals surface area contributed by atoms with Gasteiger partial charge in [-0.25, -0.2) is 0 Å². The average Bonchev–Trinajstić information content (AvgIpc) is 3.65. The van der Waals surface area contributed by atoms with Crippen LogP contribution in [0.15, 0.2) is 95.1 Å². The number of anilines is 1. The van der Waals surface area contributed by atoms with Gasteiger partial charge in [0.2, 0.25) is 5.13 Å². The van der Waals surface area contributed by atoms with E-state index in [0.29, 0.717) is 39.3 Å². The van der Waals surface area contributed by atoms with Gasteiger partial charge in [0.25, 0.3) is 5.78 Å². The van der Waals surface area contributed by atoms with Gasteiger partial charge in [0, 0.05) is 23.7 Å². The van der Waals surface area contributed by atoms with Gasteiger partial charge in [0.05, 0.1) is 25.3 Å². The Hall–Kier alpha value is -4.74. The van der Waals surface area contributed by atoms with Crippen molar-refractivity contribution < 1.29 is 24.2 Å². The van der Waals surface area contributed by atoms with Crippen molar-refractivity contribution in [1.29, 1.82) is 0 Å². The summed E-state index contributed by atoms with van der Waals surface area (Å²) < 4.78 is 12.2. The lowest BCUT2D eigenvalue weighted by Gasteiger charge is -2.23. The minimum atomic E-state index is -0.986. The average molecular weight is 639 g/mol. The maximum Gasteiger partial charge on any atom is 0.301 e. The molecule has 3 aromatic carbocycles. The number of carbonyl (C=O) groups is 2. The second-order valence-electron chi connectivity index (χ2n) is 10.3. The summed E-state index contributed by atoms with van der Waals surface area (Å²) in [6.45, 7) is 2.60. The Balaban J connectivity index is 1.37. The number of hydrogen-bond acceptors (Lipinski definition) is 10. The Morgan fingerprint density at radius 1 is 1.00 bits per heavy atom. The fourth-order valence-corrected chi connectivity index (χ4v) is 7.10. The Morgan fingerprint density at radius 3 is 2.60 bits per heavy atom. The number of rotatable bonds is 11. The van der Waals surface area contributed by atoms with Crippen LogP contribution in [0.25, 0.3) is 16.5 Å². The van der Waals surface area contributed by atoms with Crippen LogP contribution in [0.2, 0.25) is 0 Å². The summed E-state index contributed by atoms with van der Waals surface area (Å²) in [5, 5.41) is 22.7. The molecule has 228 valence electrons. The van der Waals surface area contributed by atoms with E-state index in [-0.39, 0.29) is 16.5 Å². The van der Waals surface area contributed by atoms with E-state index in [1.165, 1.54) is 47.5 Å². The zero-order chi connectivity index (χ0) is 31.3. The van der Waals surface area contributed by atoms with Crippen molar-refractivity contribution in [1.82, 2.24) is 15.2 Å². The van der Waals surface area contributed by atoms with Crippen molar-refractivity contribution in [2.24, 2.45) is 0 Å². The number of unbranched alkanes of at least 4 members (excludes halogenated alkanes) is 1. The monoisotopic (exact) mass is 638 g/mol. The molecular formula is C34H30N4O5S2. The number of Topliss-reactive ketones (excluding diaryl/α,β-unsaturated/α-hetero) is 1. The van der Waals surface area contributed by atoms with Gasteiger partial charge in [-0.1, -0.05) is 85.0 Å². The minimum Gasteiger partial charge on any atom is -0.507 e. The standard InChI is InChI=1S/C34H30N4O5S2/c1-3-4-18-43-26-13-12-23(19-27(26)42-2)29-28(30(39)22-14-16-35-17-15-22)31(40)32(41)38(29)33-36-37-34(45-33)44-20-24-10-7-9-21-8-5-6-11-25(21)24/h5-17,19,29,39H,3-4,18,20H2,1-2H3. The van der Waals surface area contributed by atoms with E-state index in [2.05, 4.69) is 46.4 Å². The molecule has 0 saturated carbocycles. The number of aromatic nitrogens is 3. The number of ketones is 1. The molecule has 1 aliphatic rings. The highest BCUT2D eigenvalue weighted by molar-refractivity contribution is 8.00. The first-order chi connectivity index (χ1) is 22.0. The third-order valence-corrected chi connectivity index (χ3v) is 9.59. The van der Waals surface area contributed by atoms with Crippen LogP contribution < -0.4 is 14.4 Å². The first-order valence-corrected chi connectivity index (χ1v) is 16.3. The Kier molecular flexibility index (Phi) is 9.08. The van der Waals surface area contributed by atoms with Crippen LogP contribution in [-0.2, 0) is 15.3 Å². The molecule has 0 spiro atoms. The first-order valence-electron chi connectivity index (χ1n) is 14.4. The number of thioether (sulfide) groups is 1. The zero-order valence-corrected chi connectivity index (χ0v) is 26.3. The molecule has 1 saturated heterocycles. The van der Waals surface area contributed by atoms with Crippen molar-refractivity contribution in [3.63, 3.8) is 0 Å². The number of hydrogen-bond donors (Lipinski definition) is 1. The fraction of sp³-hybridized carbons (Fsp3) is 0.206. The summed E-state index contributed by atoms with van der Waals surface area (Å²) in [4.78, 5) is 32.6. The molecular weight excluding hydrogens is 609 g/mol. The van der Waals surface area contributed by atoms with Gasteiger partial charge in [-0.3, -0.25) is 19.5 Å². The minimum absolute atomic E-state index is 0.0620. The third kappa shape index (κ3) is 6.13. The number of pyridine rings is 1. The third-order valence-electron chi connectivity index (χ3n) is 7.49. The molecule has 1 N–H and O–H groups in total. The molecule has 1 atom stereocenters. The van der Waals surface area contributed by atoms with Crippen LogP contribution in [0.3, 0.4) is 0 Å². The summed E-state index contributed by atoms with van der Waals surface area (Å²) in [6, 6.07) is 21.8. The predicted molar refractivity (Wildman–Crippen MR) is 176 cm³/mol. The van der Waals surface area contributed by atoms with Gasteiger partial charge in [-0.05, 0) is 52.6 Å². The van der Waals surface area contributed by atoms with E-state index < -0.39 is 17.7 Å². The Morgan fingerprint density at radius 2 is 1.80 bits per heavy atom. The molecule has 45 heavy (non-hydrogen) atoms. The molecule has 0 bridgehead atoms. The molecule has 0 radical (unpaired) electrons. The maximum absolute atomic E-state index is 13.7. The number of aliphatic hydroxyl groups is 1. The number of ether oxygens (including phenoxy) is 2. The molecule has 9 nitrogen and oxygen atoms in total. The summed E-state index contributed by atoms with van der Waals surface area (Å²) in [6.07, 6.45) is 4.88. The van der Waals surface area contributed by atoms with Gasteiger partial charge >= 0.3 is 5.91 Å². The molecule has 1 aliphatic heterocycles. The van der Waals surface area contributed by atoms with Gasteiger partial charge < -0.3 is 14.6 Å². The van der Waals surface area contributed by atoms with Crippen molar-refractivity contribution in [2.75, 3.05) is 18.6 Å². The van der Waals surface area contributed by atoms with Crippen LogP contribution in [0.4, 0.5) is 5.13 Å². The molecule has 2 aromatic heterocycles. The molecule has 3 heterocycles. The van der Waals surface area contributed by atoms with Gasteiger partial charge in [0.1, 0.15) is 5.76 Å². The molecule has 1 amide bonds. The SMILES string of the molecule is CCCCOc1ccc(C2C(=C(O)c3ccncc3)C(=O)C(=O)N2c2nnc(SCc3cccc4ccccc34)s2)cc1OC. The van der Waals surface area contributed by atoms with E-state index in [4.69, 9.17) is 9.47 Å². The zero-order valence-electron chi connectivity index (χ0n) is 24.7. The van der Waals surface area contributed by atoms with E-state index >= 15 is 0 Å². The van der Waals surface area contributed by atoms with E-state index in [1.807, 2.05) is 18.2 Å². The lowest BCUT2D eigenvalue weighted by atomic mass is 9.95. The molecule has 1 fully saturated rings. The number of amides is 1. The van der Waals surface area contributed by atoms with Gasteiger partial charge in [0.15, 0.2) is 15.8 Å². The second kappa shape index (κ2) is 13.5. The van der Waals surface area contributed by atoms with Crippen molar-refractivity contribution in [3.8, 4) is 11.5 Å². The van der Waals surface area contributed by atoms with E-state index in [1.54, 1.807) is 30.3 Å². The van der Waals surface area contributed by atoms with E-state index in [9.17, 15) is 14.7 Å². The molecule has 1 unspecified atom stereocenters. The maximum atomic E-state index is 13.7. The summed E-state index contributed by atoms with van der Waals surface area (Å²) in [5.74, 6) is -0.292. The van der Waals surface area contributed by atoms with E-state index in [0.717, 1.165) is 29.2 Å². The second-order valence-corrected chi connectivity index (χ2v) is 12.5. The van der Waals surface area contributed by atoms with Crippen LogP contribution in [0.5, 0.6) is 11.5 Å². The van der Waals surface area contributed by atoms with Crippen molar-refractivity contribution >= 4 is 56.5 Å². The Labute approximate surface area is 268 Å². The first kappa shape index (κ1) is 30.3. The summed E-state index contributed by atoms with van der Waals surface area (Å²) >= 11 is 2.72. The highest BCUT2D eigenvalue weighted by atomic mass is 32.2. The highest BCUT2D eigenvalue weighted by Crippen LogP contribution is 2.45. The fourth-order valence-electron chi connectivity index (χ4n) is 5.23. The molecule has 6 rings (SSSR count). The van der Waals surface area contributed by atoms with Gasteiger partial charge in [-0.15, -0.1) is 10.2 Å². The number of benzene rings is 3. The molecule has 5 aromatic rings. The molecule has 11 heteroatoms. The van der Waals surface area contributed by atoms with Crippen LogP contribution in [0, 0.1) is 0 Å². The van der Waals surface area contributed by atoms with Crippen molar-refractivity contribution in [2.45, 2.75) is 35.9 Å².